The molecule has 4 nitrogen and oxygen atoms in total. The highest BCUT2D eigenvalue weighted by molar-refractivity contribution is 5.77. The molecule has 1 aliphatic carbocycles. The predicted molar refractivity (Wildman–Crippen MR) is 72.7 cm³/mol. The van der Waals surface area contributed by atoms with Crippen LogP contribution in [0.3, 0.4) is 0 Å². The fourth-order valence-electron chi connectivity index (χ4n) is 4.29. The van der Waals surface area contributed by atoms with E-state index in [1.54, 1.807) is 0 Å². The molecule has 0 spiro atoms. The molecule has 1 heterocycles. The summed E-state index contributed by atoms with van der Waals surface area (Å²) in [5, 5.41) is 8.63. The van der Waals surface area contributed by atoms with E-state index in [-0.39, 0.29) is 17.7 Å². The molecular weight excluding hydrogens is 242 g/mol. The Morgan fingerprint density at radius 2 is 1.89 bits per heavy atom. The zero-order chi connectivity index (χ0) is 14.3. The maximum absolute atomic E-state index is 12.3. The van der Waals surface area contributed by atoms with Crippen LogP contribution in [0.4, 0.5) is 0 Å². The van der Waals surface area contributed by atoms with Gasteiger partial charge in [0.1, 0.15) is 0 Å². The number of amides is 1. The lowest BCUT2D eigenvalue weighted by Crippen LogP contribution is -2.37. The van der Waals surface area contributed by atoms with Crippen molar-refractivity contribution in [3.63, 3.8) is 0 Å². The van der Waals surface area contributed by atoms with Crippen LogP contribution in [0.25, 0.3) is 0 Å². The van der Waals surface area contributed by atoms with Crippen molar-refractivity contribution < 1.29 is 14.7 Å². The summed E-state index contributed by atoms with van der Waals surface area (Å²) in [5.41, 5.74) is 0.572. The number of fused-ring (bicyclic) bond motifs is 2. The molecule has 0 aromatic heterocycles. The molecule has 1 amide bonds. The number of likely N-dealkylation sites (tertiary alicyclic amines) is 1. The number of carbonyl (C=O) groups excluding carboxylic acids is 1. The van der Waals surface area contributed by atoms with Crippen molar-refractivity contribution in [3.8, 4) is 0 Å². The van der Waals surface area contributed by atoms with Gasteiger partial charge in [0.2, 0.25) is 5.91 Å². The molecule has 19 heavy (non-hydrogen) atoms. The molecule has 2 rings (SSSR count). The summed E-state index contributed by atoms with van der Waals surface area (Å²) in [4.78, 5) is 24.8. The van der Waals surface area contributed by atoms with Crippen LogP contribution in [0.1, 0.15) is 59.3 Å². The van der Waals surface area contributed by atoms with Crippen molar-refractivity contribution in [2.75, 3.05) is 6.54 Å². The first kappa shape index (κ1) is 14.4. The highest BCUT2D eigenvalue weighted by atomic mass is 16.4. The Morgan fingerprint density at radius 3 is 2.53 bits per heavy atom. The van der Waals surface area contributed by atoms with Crippen molar-refractivity contribution in [2.24, 2.45) is 10.8 Å². The van der Waals surface area contributed by atoms with E-state index in [4.69, 9.17) is 5.11 Å². The van der Waals surface area contributed by atoms with E-state index in [1.807, 2.05) is 4.90 Å². The third-order valence-electron chi connectivity index (χ3n) is 4.52. The number of carboxylic acid groups (broad SMARTS) is 1. The van der Waals surface area contributed by atoms with E-state index in [0.717, 1.165) is 19.4 Å². The topological polar surface area (TPSA) is 57.6 Å². The summed E-state index contributed by atoms with van der Waals surface area (Å²) in [6.45, 7) is 7.71. The summed E-state index contributed by atoms with van der Waals surface area (Å²) in [5.74, 6) is -0.672. The molecule has 0 aromatic carbocycles. The Balaban J connectivity index is 1.95. The molecule has 2 aliphatic rings. The summed E-state index contributed by atoms with van der Waals surface area (Å²) in [6, 6.07) is 0.367. The van der Waals surface area contributed by atoms with Gasteiger partial charge in [-0.25, -0.2) is 0 Å². The number of hydrogen-bond acceptors (Lipinski definition) is 2. The normalized spacial score (nSPS) is 32.4. The molecule has 0 aromatic rings. The van der Waals surface area contributed by atoms with Crippen LogP contribution in [0, 0.1) is 10.8 Å². The quantitative estimate of drug-likeness (QED) is 0.852. The Hall–Kier alpha value is -1.06. The number of carbonyl (C=O) groups is 2. The largest absolute Gasteiger partial charge is 0.481 e. The van der Waals surface area contributed by atoms with E-state index >= 15 is 0 Å². The maximum atomic E-state index is 12.3. The van der Waals surface area contributed by atoms with Crippen molar-refractivity contribution in [1.82, 2.24) is 4.90 Å². The Labute approximate surface area is 115 Å². The van der Waals surface area contributed by atoms with Gasteiger partial charge in [-0.15, -0.1) is 0 Å². The summed E-state index contributed by atoms with van der Waals surface area (Å²) < 4.78 is 0. The van der Waals surface area contributed by atoms with Crippen LogP contribution < -0.4 is 0 Å². The Morgan fingerprint density at radius 1 is 1.21 bits per heavy atom. The van der Waals surface area contributed by atoms with Gasteiger partial charge in [-0.3, -0.25) is 9.59 Å². The zero-order valence-electron chi connectivity index (χ0n) is 12.2. The first-order chi connectivity index (χ1) is 8.71. The fourth-order valence-corrected chi connectivity index (χ4v) is 4.29. The van der Waals surface area contributed by atoms with Crippen LogP contribution in [0.2, 0.25) is 0 Å². The van der Waals surface area contributed by atoms with Gasteiger partial charge in [0.05, 0.1) is 0 Å². The molecule has 1 saturated heterocycles. The van der Waals surface area contributed by atoms with Crippen molar-refractivity contribution in [1.29, 1.82) is 0 Å². The van der Waals surface area contributed by atoms with Crippen molar-refractivity contribution in [2.45, 2.75) is 65.3 Å². The molecule has 1 aliphatic heterocycles. The van der Waals surface area contributed by atoms with Gasteiger partial charge in [0.25, 0.3) is 0 Å². The molecule has 0 radical (unpaired) electrons. The van der Waals surface area contributed by atoms with Gasteiger partial charge in [-0.05, 0) is 36.5 Å². The molecule has 2 fully saturated rings. The number of carboxylic acids is 1. The van der Waals surface area contributed by atoms with Crippen LogP contribution in [0.5, 0.6) is 0 Å². The highest BCUT2D eigenvalue weighted by Crippen LogP contribution is 2.52. The monoisotopic (exact) mass is 267 g/mol. The highest BCUT2D eigenvalue weighted by Gasteiger charge is 2.50. The van der Waals surface area contributed by atoms with E-state index in [1.165, 1.54) is 6.42 Å². The third kappa shape index (κ3) is 3.28. The zero-order valence-corrected chi connectivity index (χ0v) is 12.2. The molecule has 1 saturated carbocycles. The van der Waals surface area contributed by atoms with Crippen molar-refractivity contribution in [3.05, 3.63) is 0 Å². The first-order valence-corrected chi connectivity index (χ1v) is 7.22. The summed E-state index contributed by atoms with van der Waals surface area (Å²) >= 11 is 0. The smallest absolute Gasteiger partial charge is 0.303 e. The maximum Gasteiger partial charge on any atom is 0.303 e. The van der Waals surface area contributed by atoms with Crippen LogP contribution in [0.15, 0.2) is 0 Å². The van der Waals surface area contributed by atoms with E-state index in [0.29, 0.717) is 24.3 Å². The van der Waals surface area contributed by atoms with Gasteiger partial charge < -0.3 is 10.0 Å². The van der Waals surface area contributed by atoms with Crippen LogP contribution in [-0.2, 0) is 9.59 Å². The van der Waals surface area contributed by atoms with Gasteiger partial charge in [-0.1, -0.05) is 20.8 Å². The fraction of sp³-hybridized carbons (Fsp3) is 0.867. The van der Waals surface area contributed by atoms with Crippen molar-refractivity contribution >= 4 is 11.9 Å². The summed E-state index contributed by atoms with van der Waals surface area (Å²) in [7, 11) is 0. The molecule has 2 bridgehead atoms. The molecule has 0 unspecified atom stereocenters. The lowest BCUT2D eigenvalue weighted by Gasteiger charge is -2.39. The Kier molecular flexibility index (Phi) is 3.63. The summed E-state index contributed by atoms with van der Waals surface area (Å²) in [6.07, 6.45) is 4.29. The average Bonchev–Trinajstić information content (AvgIpc) is 2.47. The molecular formula is C15H25NO3. The number of rotatable bonds is 4. The molecule has 108 valence electrons. The lowest BCUT2D eigenvalue weighted by molar-refractivity contribution is -0.137. The second-order valence-corrected chi connectivity index (χ2v) is 7.48. The lowest BCUT2D eigenvalue weighted by atomic mass is 9.65. The third-order valence-corrected chi connectivity index (χ3v) is 4.52. The molecule has 4 heteroatoms. The second-order valence-electron chi connectivity index (χ2n) is 7.48. The van der Waals surface area contributed by atoms with E-state index < -0.39 is 5.97 Å². The van der Waals surface area contributed by atoms with Gasteiger partial charge in [0, 0.05) is 25.4 Å². The van der Waals surface area contributed by atoms with Gasteiger partial charge in [-0.2, -0.15) is 0 Å². The minimum atomic E-state index is -0.818. The SMILES string of the molecule is CC1(C)C[C@H]2C[C@](C)(CN2C(=O)CCCC(=O)O)C1. The van der Waals surface area contributed by atoms with Gasteiger partial charge >= 0.3 is 5.97 Å². The average molecular weight is 267 g/mol. The molecule has 1 N–H and O–H groups in total. The predicted octanol–water partition coefficient (Wildman–Crippen LogP) is 2.67. The molecule has 2 atom stereocenters. The number of nitrogens with zero attached hydrogens (tertiary/aromatic N) is 1. The number of hydrogen-bond donors (Lipinski definition) is 1. The first-order valence-electron chi connectivity index (χ1n) is 7.22. The Bertz CT molecular complexity index is 391. The second kappa shape index (κ2) is 4.80. The van der Waals surface area contributed by atoms with Crippen LogP contribution >= 0.6 is 0 Å². The minimum absolute atomic E-state index is 0.0903. The van der Waals surface area contributed by atoms with E-state index in [2.05, 4.69) is 20.8 Å². The minimum Gasteiger partial charge on any atom is -0.481 e. The number of aliphatic carboxylic acids is 1. The van der Waals surface area contributed by atoms with E-state index in [9.17, 15) is 9.59 Å². The van der Waals surface area contributed by atoms with Crippen LogP contribution in [-0.4, -0.2) is 34.5 Å². The van der Waals surface area contributed by atoms with Gasteiger partial charge in [0.15, 0.2) is 0 Å². The standard InChI is InChI=1S/C15H25NO3/c1-14(2)7-11-8-15(3,9-14)10-16(11)12(17)5-4-6-13(18)19/h11H,4-10H2,1-3H3,(H,18,19)/t11-,15-/m0/s1.